The van der Waals surface area contributed by atoms with Crippen molar-refractivity contribution in [1.82, 2.24) is 29.6 Å². The molecule has 0 unspecified atom stereocenters. The number of halogens is 1. The third-order valence-electron chi connectivity index (χ3n) is 10.4. The standard InChI is InChI=1S/C42H37FN8O3S/c1-24-16-33-28(20-44)6-7-29(41(33)55-24)23-54-39-5-3-4-35(47-39)26-10-13-50(14-11-26)22-38-46-36-17-27(8-9-37(36)51(38)21-31-12-15-53-31)42(52)45-30-18-32-25(2)48-49-40(32)34(43)19-30/h3-10,16-19,31H,11-15,21-23H2,1-2H3,(H,45,52)(H,48,49)/t31-/m0/s1. The topological polar surface area (TPSA) is 134 Å². The van der Waals surface area contributed by atoms with E-state index in [1.165, 1.54) is 11.6 Å². The van der Waals surface area contributed by atoms with Gasteiger partial charge < -0.3 is 19.4 Å². The Morgan fingerprint density at radius 1 is 1.13 bits per heavy atom. The summed E-state index contributed by atoms with van der Waals surface area (Å²) in [4.78, 5) is 26.8. The summed E-state index contributed by atoms with van der Waals surface area (Å²) in [6.07, 6.45) is 4.17. The van der Waals surface area contributed by atoms with Gasteiger partial charge in [-0.3, -0.25) is 14.8 Å². The molecule has 2 N–H and O–H groups in total. The number of nitrogens with one attached hydrogen (secondary N) is 2. The summed E-state index contributed by atoms with van der Waals surface area (Å²) < 4.78 is 30.0. The summed E-state index contributed by atoms with van der Waals surface area (Å²) >= 11 is 1.67. The number of thiophene rings is 1. The summed E-state index contributed by atoms with van der Waals surface area (Å²) in [5.74, 6) is 0.651. The van der Waals surface area contributed by atoms with Crippen molar-refractivity contribution in [1.29, 1.82) is 5.26 Å². The molecule has 2 aliphatic heterocycles. The fourth-order valence-corrected chi connectivity index (χ4v) is 8.42. The summed E-state index contributed by atoms with van der Waals surface area (Å²) in [7, 11) is 0. The first-order valence-corrected chi connectivity index (χ1v) is 19.1. The molecule has 3 aromatic carbocycles. The van der Waals surface area contributed by atoms with E-state index in [-0.39, 0.29) is 12.0 Å². The van der Waals surface area contributed by atoms with Gasteiger partial charge >= 0.3 is 0 Å². The normalized spacial score (nSPS) is 16.0. The number of benzene rings is 3. The van der Waals surface area contributed by atoms with E-state index in [2.05, 4.69) is 50.1 Å². The summed E-state index contributed by atoms with van der Waals surface area (Å²) in [6.45, 7) is 7.85. The maximum Gasteiger partial charge on any atom is 0.255 e. The van der Waals surface area contributed by atoms with Gasteiger partial charge in [0.2, 0.25) is 5.88 Å². The number of pyridine rings is 1. The first-order valence-electron chi connectivity index (χ1n) is 18.3. The van der Waals surface area contributed by atoms with Gasteiger partial charge in [0.15, 0.2) is 5.82 Å². The number of hydrogen-bond acceptors (Lipinski definition) is 9. The number of amides is 1. The number of aryl methyl sites for hydroxylation is 2. The lowest BCUT2D eigenvalue weighted by Crippen LogP contribution is -2.33. The monoisotopic (exact) mass is 752 g/mol. The van der Waals surface area contributed by atoms with Crippen LogP contribution in [0.2, 0.25) is 0 Å². The predicted octanol–water partition coefficient (Wildman–Crippen LogP) is 8.06. The van der Waals surface area contributed by atoms with Gasteiger partial charge in [0.05, 0.1) is 53.2 Å². The highest BCUT2D eigenvalue weighted by molar-refractivity contribution is 7.19. The molecule has 0 aliphatic carbocycles. The highest BCUT2D eigenvalue weighted by atomic mass is 32.1. The highest BCUT2D eigenvalue weighted by Gasteiger charge is 2.24. The van der Waals surface area contributed by atoms with Crippen molar-refractivity contribution in [3.8, 4) is 11.9 Å². The van der Waals surface area contributed by atoms with Crippen LogP contribution in [-0.4, -0.2) is 61.3 Å². The third-order valence-corrected chi connectivity index (χ3v) is 11.6. The number of anilines is 1. The molecule has 1 amide bonds. The number of carbonyl (C=O) groups is 1. The lowest BCUT2D eigenvalue weighted by atomic mass is 10.0. The molecule has 1 atom stereocenters. The second-order valence-corrected chi connectivity index (χ2v) is 15.4. The number of H-pyrrole nitrogens is 1. The molecule has 1 saturated heterocycles. The van der Waals surface area contributed by atoms with Gasteiger partial charge in [-0.2, -0.15) is 10.4 Å². The Morgan fingerprint density at radius 3 is 2.82 bits per heavy atom. The first-order chi connectivity index (χ1) is 26.8. The number of rotatable bonds is 10. The van der Waals surface area contributed by atoms with Crippen molar-refractivity contribution in [2.45, 2.75) is 52.5 Å². The van der Waals surface area contributed by atoms with Crippen LogP contribution in [0.1, 0.15) is 56.4 Å². The quantitative estimate of drug-likeness (QED) is 0.143. The van der Waals surface area contributed by atoms with Crippen LogP contribution in [0.3, 0.4) is 0 Å². The SMILES string of the molecule is Cc1cc2c(C#N)ccc(COc3cccc(C4=CCN(Cc5nc6cc(C(=O)Nc7cc(F)c8[nH]nc(C)c8c7)ccc6n5C[C@@H]5CCO5)CC4)n3)c2s1. The number of nitrogens with zero attached hydrogens (tertiary/aromatic N) is 6. The molecule has 0 spiro atoms. The number of hydrogen-bond donors (Lipinski definition) is 2. The molecule has 6 heterocycles. The van der Waals surface area contributed by atoms with E-state index in [1.54, 1.807) is 36.5 Å². The molecule has 0 radical (unpaired) electrons. The predicted molar refractivity (Wildman–Crippen MR) is 211 cm³/mol. The van der Waals surface area contributed by atoms with Crippen LogP contribution in [0.15, 0.2) is 72.8 Å². The Balaban J connectivity index is 0.896. The Kier molecular flexibility index (Phi) is 9.09. The molecule has 11 nitrogen and oxygen atoms in total. The van der Waals surface area contributed by atoms with Gasteiger partial charge in [0.1, 0.15) is 17.9 Å². The largest absolute Gasteiger partial charge is 0.473 e. The van der Waals surface area contributed by atoms with Gasteiger partial charge in [-0.1, -0.05) is 18.2 Å². The van der Waals surface area contributed by atoms with Crippen LogP contribution in [-0.2, 0) is 24.4 Å². The number of ether oxygens (including phenoxy) is 2. The Hall–Kier alpha value is -5.94. The molecule has 7 aromatic rings. The average molecular weight is 753 g/mol. The number of nitriles is 1. The summed E-state index contributed by atoms with van der Waals surface area (Å²) in [6, 6.07) is 22.6. The Labute approximate surface area is 320 Å². The van der Waals surface area contributed by atoms with Crippen LogP contribution < -0.4 is 10.1 Å². The van der Waals surface area contributed by atoms with E-state index in [1.807, 2.05) is 36.4 Å². The summed E-state index contributed by atoms with van der Waals surface area (Å²) in [5.41, 5.74) is 7.21. The van der Waals surface area contributed by atoms with Crippen molar-refractivity contribution in [3.05, 3.63) is 117 Å². The molecule has 0 bridgehead atoms. The van der Waals surface area contributed by atoms with Crippen LogP contribution in [0, 0.1) is 31.0 Å². The highest BCUT2D eigenvalue weighted by Crippen LogP contribution is 2.32. The number of aromatic nitrogens is 5. The number of fused-ring (bicyclic) bond motifs is 3. The minimum Gasteiger partial charge on any atom is -0.473 e. The van der Waals surface area contributed by atoms with E-state index in [0.717, 1.165) is 75.6 Å². The van der Waals surface area contributed by atoms with E-state index >= 15 is 0 Å². The molecule has 276 valence electrons. The minimum absolute atomic E-state index is 0.126. The maximum absolute atomic E-state index is 14.7. The van der Waals surface area contributed by atoms with Crippen LogP contribution in [0.5, 0.6) is 5.88 Å². The van der Waals surface area contributed by atoms with Gasteiger partial charge in [-0.25, -0.2) is 14.4 Å². The van der Waals surface area contributed by atoms with Gasteiger partial charge in [0.25, 0.3) is 5.91 Å². The van der Waals surface area contributed by atoms with E-state index in [0.29, 0.717) is 59.0 Å². The van der Waals surface area contributed by atoms with Gasteiger partial charge in [0, 0.05) is 62.9 Å². The zero-order valence-corrected chi connectivity index (χ0v) is 31.2. The van der Waals surface area contributed by atoms with Crippen molar-refractivity contribution >= 4 is 60.5 Å². The fraction of sp³-hybridized carbons (Fsp3) is 0.262. The summed E-state index contributed by atoms with van der Waals surface area (Å²) in [5, 5.41) is 20.8. The van der Waals surface area contributed by atoms with Gasteiger partial charge in [-0.05, 0) is 80.8 Å². The molecule has 55 heavy (non-hydrogen) atoms. The lowest BCUT2D eigenvalue weighted by molar-refractivity contribution is -0.0591. The van der Waals surface area contributed by atoms with Gasteiger partial charge in [-0.15, -0.1) is 11.3 Å². The Bertz CT molecular complexity index is 2700. The zero-order valence-electron chi connectivity index (χ0n) is 30.4. The van der Waals surface area contributed by atoms with E-state index < -0.39 is 5.82 Å². The van der Waals surface area contributed by atoms with E-state index in [9.17, 15) is 14.4 Å². The van der Waals surface area contributed by atoms with Crippen molar-refractivity contribution < 1.29 is 18.7 Å². The smallest absolute Gasteiger partial charge is 0.255 e. The first kappa shape index (κ1) is 34.8. The molecule has 0 saturated carbocycles. The maximum atomic E-state index is 14.7. The van der Waals surface area contributed by atoms with Crippen LogP contribution >= 0.6 is 11.3 Å². The molecule has 4 aromatic heterocycles. The molecule has 9 rings (SSSR count). The van der Waals surface area contributed by atoms with E-state index in [4.69, 9.17) is 19.4 Å². The molecule has 1 fully saturated rings. The second-order valence-electron chi connectivity index (χ2n) is 14.1. The molecular weight excluding hydrogens is 716 g/mol. The zero-order chi connectivity index (χ0) is 37.6. The number of aromatic amines is 1. The molecule has 2 aliphatic rings. The average Bonchev–Trinajstić information content (AvgIpc) is 3.86. The fourth-order valence-electron chi connectivity index (χ4n) is 7.39. The third kappa shape index (κ3) is 6.84. The second kappa shape index (κ2) is 14.4. The van der Waals surface area contributed by atoms with Crippen molar-refractivity contribution in [2.75, 3.05) is 25.0 Å². The molecule has 13 heteroatoms. The molecular formula is C42H37FN8O3S. The van der Waals surface area contributed by atoms with Crippen LogP contribution in [0.25, 0.3) is 37.6 Å². The number of carbonyl (C=O) groups excluding carboxylic acids is 1. The van der Waals surface area contributed by atoms with Crippen molar-refractivity contribution in [3.63, 3.8) is 0 Å². The number of imidazole rings is 1. The van der Waals surface area contributed by atoms with Crippen molar-refractivity contribution in [2.24, 2.45) is 0 Å². The Morgan fingerprint density at radius 2 is 2.02 bits per heavy atom. The van der Waals surface area contributed by atoms with Crippen LogP contribution in [0.4, 0.5) is 10.1 Å². The lowest BCUT2D eigenvalue weighted by Gasteiger charge is -2.29. The minimum atomic E-state index is -0.477.